The van der Waals surface area contributed by atoms with Gasteiger partial charge in [-0.15, -0.1) is 0 Å². The second-order valence-electron chi connectivity index (χ2n) is 5.72. The maximum atomic E-state index is 11.9. The number of carbonyl (C=O) groups is 1. The van der Waals surface area contributed by atoms with Gasteiger partial charge in [0.05, 0.1) is 0 Å². The van der Waals surface area contributed by atoms with Crippen molar-refractivity contribution in [3.05, 3.63) is 0 Å². The average Bonchev–Trinajstić information content (AvgIpc) is 2.77. The molecule has 19 heavy (non-hydrogen) atoms. The van der Waals surface area contributed by atoms with Crippen molar-refractivity contribution < 1.29 is 19.0 Å². The van der Waals surface area contributed by atoms with E-state index in [0.717, 1.165) is 13.0 Å². The fourth-order valence-electron chi connectivity index (χ4n) is 1.94. The van der Waals surface area contributed by atoms with Crippen molar-refractivity contribution in [3.8, 4) is 0 Å². The average molecular weight is 274 g/mol. The van der Waals surface area contributed by atoms with Crippen molar-refractivity contribution in [1.29, 1.82) is 0 Å². The number of hydrogen-bond acceptors (Lipinski definition) is 5. The van der Waals surface area contributed by atoms with E-state index < -0.39 is 5.60 Å². The molecule has 0 aromatic rings. The van der Waals surface area contributed by atoms with Gasteiger partial charge in [0.1, 0.15) is 5.60 Å². The third kappa shape index (κ3) is 5.76. The fourth-order valence-corrected chi connectivity index (χ4v) is 1.94. The summed E-state index contributed by atoms with van der Waals surface area (Å²) in [7, 11) is 3.22. The van der Waals surface area contributed by atoms with E-state index in [4.69, 9.17) is 14.2 Å². The lowest BCUT2D eigenvalue weighted by molar-refractivity contribution is -0.0997. The van der Waals surface area contributed by atoms with Crippen LogP contribution in [0.4, 0.5) is 4.79 Å². The van der Waals surface area contributed by atoms with E-state index in [9.17, 15) is 4.79 Å². The highest BCUT2D eigenvalue weighted by Crippen LogP contribution is 2.15. The van der Waals surface area contributed by atoms with Gasteiger partial charge in [-0.3, -0.25) is 0 Å². The molecule has 6 heteroatoms. The Bertz CT molecular complexity index is 287. The van der Waals surface area contributed by atoms with Gasteiger partial charge in [-0.2, -0.15) is 0 Å². The molecule has 0 spiro atoms. The molecule has 1 atom stereocenters. The van der Waals surface area contributed by atoms with Crippen molar-refractivity contribution in [2.24, 2.45) is 0 Å². The molecule has 1 fully saturated rings. The molecule has 6 nitrogen and oxygen atoms in total. The van der Waals surface area contributed by atoms with Crippen molar-refractivity contribution in [3.63, 3.8) is 0 Å². The topological polar surface area (TPSA) is 60.0 Å². The first-order valence-corrected chi connectivity index (χ1v) is 6.62. The van der Waals surface area contributed by atoms with Crippen LogP contribution in [0.5, 0.6) is 0 Å². The molecule has 1 aliphatic heterocycles. The minimum absolute atomic E-state index is 0.244. The molecule has 112 valence electrons. The quantitative estimate of drug-likeness (QED) is 0.763. The Balaban J connectivity index is 2.31. The van der Waals surface area contributed by atoms with Crippen LogP contribution in [-0.2, 0) is 14.2 Å². The van der Waals surface area contributed by atoms with Crippen LogP contribution < -0.4 is 5.32 Å². The van der Waals surface area contributed by atoms with Gasteiger partial charge >= 0.3 is 6.09 Å². The van der Waals surface area contributed by atoms with Gasteiger partial charge in [0.15, 0.2) is 6.29 Å². The summed E-state index contributed by atoms with van der Waals surface area (Å²) >= 11 is 0. The zero-order valence-corrected chi connectivity index (χ0v) is 12.6. The molecular formula is C13H26N2O4. The standard InChI is InChI=1S/C13H26N2O4/c1-13(2,3)19-12(16)15-7-6-10(9-15)14-8-11(17-4)18-5/h10-11,14H,6-9H2,1-5H3. The Kier molecular flexibility index (Phi) is 6.03. The maximum absolute atomic E-state index is 11.9. The molecule has 1 saturated heterocycles. The minimum Gasteiger partial charge on any atom is -0.444 e. The molecule has 0 bridgehead atoms. The van der Waals surface area contributed by atoms with Crippen LogP contribution in [0.3, 0.4) is 0 Å². The normalized spacial score (nSPS) is 20.1. The molecule has 1 aliphatic rings. The summed E-state index contributed by atoms with van der Waals surface area (Å²) < 4.78 is 15.6. The Morgan fingerprint density at radius 3 is 2.53 bits per heavy atom. The molecule has 0 aliphatic carbocycles. The van der Waals surface area contributed by atoms with Gasteiger partial charge in [-0.05, 0) is 27.2 Å². The number of ether oxygens (including phenoxy) is 3. The Hall–Kier alpha value is -0.850. The van der Waals surface area contributed by atoms with Crippen LogP contribution in [0, 0.1) is 0 Å². The molecule has 1 heterocycles. The molecule has 1 unspecified atom stereocenters. The SMILES string of the molecule is COC(CNC1CCN(C(=O)OC(C)(C)C)C1)OC. The van der Waals surface area contributed by atoms with Crippen LogP contribution in [0.15, 0.2) is 0 Å². The van der Waals surface area contributed by atoms with Gasteiger partial charge < -0.3 is 24.4 Å². The predicted molar refractivity (Wildman–Crippen MR) is 72.0 cm³/mol. The minimum atomic E-state index is -0.445. The van der Waals surface area contributed by atoms with E-state index in [1.807, 2.05) is 20.8 Å². The number of carbonyl (C=O) groups excluding carboxylic acids is 1. The molecule has 1 amide bonds. The maximum Gasteiger partial charge on any atom is 0.410 e. The lowest BCUT2D eigenvalue weighted by atomic mass is 10.2. The predicted octanol–water partition coefficient (Wildman–Crippen LogP) is 1.20. The Morgan fingerprint density at radius 1 is 1.37 bits per heavy atom. The largest absolute Gasteiger partial charge is 0.444 e. The zero-order valence-electron chi connectivity index (χ0n) is 12.6. The number of hydrogen-bond donors (Lipinski definition) is 1. The third-order valence-corrected chi connectivity index (χ3v) is 2.94. The van der Waals surface area contributed by atoms with E-state index in [0.29, 0.717) is 13.1 Å². The van der Waals surface area contributed by atoms with Crippen molar-refractivity contribution in [2.45, 2.75) is 45.1 Å². The Labute approximate surface area is 115 Å². The van der Waals surface area contributed by atoms with Gasteiger partial charge in [-0.25, -0.2) is 4.79 Å². The molecule has 0 aromatic heterocycles. The summed E-state index contributed by atoms with van der Waals surface area (Å²) in [5, 5.41) is 3.33. The summed E-state index contributed by atoms with van der Waals surface area (Å²) in [6.45, 7) is 7.61. The first-order valence-electron chi connectivity index (χ1n) is 6.62. The van der Waals surface area contributed by atoms with Crippen LogP contribution >= 0.6 is 0 Å². The van der Waals surface area contributed by atoms with Crippen LogP contribution in [0.1, 0.15) is 27.2 Å². The van der Waals surface area contributed by atoms with E-state index in [1.165, 1.54) is 0 Å². The second kappa shape index (κ2) is 7.07. The Morgan fingerprint density at radius 2 is 2.00 bits per heavy atom. The fraction of sp³-hybridized carbons (Fsp3) is 0.923. The third-order valence-electron chi connectivity index (χ3n) is 2.94. The highest BCUT2D eigenvalue weighted by Gasteiger charge is 2.29. The number of likely N-dealkylation sites (tertiary alicyclic amines) is 1. The lowest BCUT2D eigenvalue weighted by Gasteiger charge is -2.24. The van der Waals surface area contributed by atoms with Crippen LogP contribution in [0.25, 0.3) is 0 Å². The van der Waals surface area contributed by atoms with Crippen molar-refractivity contribution >= 4 is 6.09 Å². The first-order chi connectivity index (χ1) is 8.85. The molecule has 1 N–H and O–H groups in total. The molecule has 1 rings (SSSR count). The number of amides is 1. The molecule has 0 radical (unpaired) electrons. The van der Waals surface area contributed by atoms with E-state index in [2.05, 4.69) is 5.32 Å². The van der Waals surface area contributed by atoms with Crippen molar-refractivity contribution in [2.75, 3.05) is 33.9 Å². The number of rotatable bonds is 5. The smallest absolute Gasteiger partial charge is 0.410 e. The van der Waals surface area contributed by atoms with Gasteiger partial charge in [0.25, 0.3) is 0 Å². The second-order valence-corrected chi connectivity index (χ2v) is 5.72. The van der Waals surface area contributed by atoms with Gasteiger partial charge in [0, 0.05) is 39.9 Å². The highest BCUT2D eigenvalue weighted by molar-refractivity contribution is 5.68. The van der Waals surface area contributed by atoms with Crippen LogP contribution in [-0.4, -0.2) is 62.8 Å². The molecule has 0 aromatic carbocycles. The van der Waals surface area contributed by atoms with Gasteiger partial charge in [-0.1, -0.05) is 0 Å². The molecule has 0 saturated carbocycles. The van der Waals surface area contributed by atoms with Gasteiger partial charge in [0.2, 0.25) is 0 Å². The summed E-state index contributed by atoms with van der Waals surface area (Å²) in [5.41, 5.74) is -0.445. The zero-order chi connectivity index (χ0) is 14.5. The molecular weight excluding hydrogens is 248 g/mol. The summed E-state index contributed by atoms with van der Waals surface area (Å²) in [5.74, 6) is 0. The number of methoxy groups -OCH3 is 2. The van der Waals surface area contributed by atoms with E-state index in [1.54, 1.807) is 19.1 Å². The number of nitrogens with zero attached hydrogens (tertiary/aromatic N) is 1. The highest BCUT2D eigenvalue weighted by atomic mass is 16.7. The summed E-state index contributed by atoms with van der Waals surface area (Å²) in [6, 6.07) is 0.264. The van der Waals surface area contributed by atoms with E-state index >= 15 is 0 Å². The first kappa shape index (κ1) is 16.2. The van der Waals surface area contributed by atoms with Crippen molar-refractivity contribution in [1.82, 2.24) is 10.2 Å². The summed E-state index contributed by atoms with van der Waals surface area (Å²) in [6.07, 6.45) is 0.418. The number of nitrogens with one attached hydrogen (secondary N) is 1. The van der Waals surface area contributed by atoms with Crippen LogP contribution in [0.2, 0.25) is 0 Å². The monoisotopic (exact) mass is 274 g/mol. The summed E-state index contributed by atoms with van der Waals surface area (Å²) in [4.78, 5) is 13.6. The lowest BCUT2D eigenvalue weighted by Crippen LogP contribution is -2.41. The van der Waals surface area contributed by atoms with E-state index in [-0.39, 0.29) is 18.4 Å².